The highest BCUT2D eigenvalue weighted by Crippen LogP contribution is 2.45. The second-order valence-corrected chi connectivity index (χ2v) is 10.7. The highest BCUT2D eigenvalue weighted by Gasteiger charge is 2.33. The van der Waals surface area contributed by atoms with Crippen LogP contribution in [0.25, 0.3) is 0 Å². The first-order valence-electron chi connectivity index (χ1n) is 10.5. The number of rotatable bonds is 4. The molecule has 4 nitrogen and oxygen atoms in total. The fourth-order valence-corrected chi connectivity index (χ4v) is 5.40. The number of nitrogens with one attached hydrogen (secondary N) is 1. The van der Waals surface area contributed by atoms with Crippen LogP contribution in [0.1, 0.15) is 59.5 Å². The molecule has 162 valence electrons. The van der Waals surface area contributed by atoms with Gasteiger partial charge in [-0.25, -0.2) is 4.99 Å². The Morgan fingerprint density at radius 1 is 1.23 bits per heavy atom. The number of carbonyl (C=O) groups is 1. The zero-order valence-corrected chi connectivity index (χ0v) is 19.9. The molecule has 1 amide bonds. The number of furan rings is 1. The maximum Gasteiger partial charge on any atom is 0.259 e. The van der Waals surface area contributed by atoms with Crippen molar-refractivity contribution in [3.8, 4) is 0 Å². The van der Waals surface area contributed by atoms with Gasteiger partial charge in [0.25, 0.3) is 5.91 Å². The minimum Gasteiger partial charge on any atom is -0.460 e. The third-order valence-corrected chi connectivity index (χ3v) is 7.29. The maximum absolute atomic E-state index is 13.3. The summed E-state index contributed by atoms with van der Waals surface area (Å²) >= 11 is 7.61. The van der Waals surface area contributed by atoms with Crippen molar-refractivity contribution in [2.75, 3.05) is 5.32 Å². The molecule has 0 aliphatic heterocycles. The largest absolute Gasteiger partial charge is 0.460 e. The van der Waals surface area contributed by atoms with Gasteiger partial charge in [-0.3, -0.25) is 4.79 Å². The average molecular weight is 455 g/mol. The van der Waals surface area contributed by atoms with Crippen LogP contribution in [0.15, 0.2) is 45.8 Å². The van der Waals surface area contributed by atoms with Crippen LogP contribution in [0, 0.1) is 18.3 Å². The Bertz CT molecular complexity index is 1120. The van der Waals surface area contributed by atoms with Gasteiger partial charge < -0.3 is 9.73 Å². The van der Waals surface area contributed by atoms with Crippen LogP contribution in [0.3, 0.4) is 0 Å². The summed E-state index contributed by atoms with van der Waals surface area (Å²) < 4.78 is 5.62. The van der Waals surface area contributed by atoms with Crippen molar-refractivity contribution in [2.24, 2.45) is 16.3 Å². The maximum atomic E-state index is 13.3. The lowest BCUT2D eigenvalue weighted by molar-refractivity contribution is 0.102. The van der Waals surface area contributed by atoms with Gasteiger partial charge in [0.05, 0.1) is 11.8 Å². The van der Waals surface area contributed by atoms with Crippen LogP contribution in [0.4, 0.5) is 10.7 Å². The summed E-state index contributed by atoms with van der Waals surface area (Å²) in [6.07, 6.45) is 4.66. The first-order chi connectivity index (χ1) is 14.7. The van der Waals surface area contributed by atoms with Crippen molar-refractivity contribution in [1.29, 1.82) is 0 Å². The van der Waals surface area contributed by atoms with E-state index in [2.05, 4.69) is 31.1 Å². The molecule has 1 N–H and O–H groups in total. The molecule has 1 aromatic carbocycles. The highest BCUT2D eigenvalue weighted by atomic mass is 35.5. The number of carbonyl (C=O) groups excluding carboxylic acids is 1. The topological polar surface area (TPSA) is 54.6 Å². The smallest absolute Gasteiger partial charge is 0.259 e. The van der Waals surface area contributed by atoms with E-state index in [-0.39, 0.29) is 11.3 Å². The number of hydrogen-bond donors (Lipinski definition) is 1. The number of anilines is 1. The minimum absolute atomic E-state index is 0.128. The second-order valence-electron chi connectivity index (χ2n) is 9.16. The normalized spacial score (nSPS) is 16.5. The first kappa shape index (κ1) is 21.8. The Hall–Kier alpha value is -2.37. The summed E-state index contributed by atoms with van der Waals surface area (Å²) in [6, 6.07) is 10.9. The van der Waals surface area contributed by atoms with Crippen molar-refractivity contribution in [3.05, 3.63) is 68.9 Å². The Balaban J connectivity index is 1.69. The Labute approximate surface area is 192 Å². The Morgan fingerprint density at radius 3 is 2.61 bits per heavy atom. The quantitative estimate of drug-likeness (QED) is 0.416. The van der Waals surface area contributed by atoms with Crippen molar-refractivity contribution in [1.82, 2.24) is 0 Å². The van der Waals surface area contributed by atoms with E-state index in [4.69, 9.17) is 16.0 Å². The SMILES string of the molecule is Cc1ccc(C=Nc2sc3c(c2C(=O)Nc2ccc(Cl)cc2)CC[C@@H](C(C)(C)C)C3)o1. The highest BCUT2D eigenvalue weighted by molar-refractivity contribution is 7.16. The lowest BCUT2D eigenvalue weighted by Crippen LogP contribution is -2.27. The molecule has 0 unspecified atom stereocenters. The van der Waals surface area contributed by atoms with Gasteiger partial charge in [-0.15, -0.1) is 11.3 Å². The van der Waals surface area contributed by atoms with Gasteiger partial charge >= 0.3 is 0 Å². The zero-order valence-electron chi connectivity index (χ0n) is 18.3. The van der Waals surface area contributed by atoms with Gasteiger partial charge in [0.2, 0.25) is 0 Å². The lowest BCUT2D eigenvalue weighted by atomic mass is 9.72. The first-order valence-corrected chi connectivity index (χ1v) is 11.7. The number of aliphatic imine (C=N–C) groups is 1. The van der Waals surface area contributed by atoms with E-state index >= 15 is 0 Å². The summed E-state index contributed by atoms with van der Waals surface area (Å²) in [5.41, 5.74) is 2.78. The van der Waals surface area contributed by atoms with Crippen LogP contribution in [-0.2, 0) is 12.8 Å². The number of benzene rings is 1. The van der Waals surface area contributed by atoms with Crippen LogP contribution < -0.4 is 5.32 Å². The third kappa shape index (κ3) is 4.94. The number of halogens is 1. The minimum atomic E-state index is -0.128. The molecule has 0 radical (unpaired) electrons. The van der Waals surface area contributed by atoms with E-state index in [1.165, 1.54) is 4.88 Å². The van der Waals surface area contributed by atoms with Gasteiger partial charge in [-0.05, 0) is 79.5 Å². The molecule has 1 aliphatic rings. The summed E-state index contributed by atoms with van der Waals surface area (Å²) in [7, 11) is 0. The number of aryl methyl sites for hydroxylation is 1. The van der Waals surface area contributed by atoms with E-state index in [1.54, 1.807) is 29.7 Å². The zero-order chi connectivity index (χ0) is 22.2. The van der Waals surface area contributed by atoms with Crippen molar-refractivity contribution < 1.29 is 9.21 Å². The van der Waals surface area contributed by atoms with Gasteiger partial charge in [0.15, 0.2) is 0 Å². The summed E-state index contributed by atoms with van der Waals surface area (Å²) in [5, 5.41) is 4.39. The molecule has 0 fully saturated rings. The molecular formula is C25H27ClN2O2S. The summed E-state index contributed by atoms with van der Waals surface area (Å²) in [6.45, 7) is 8.78. The van der Waals surface area contributed by atoms with Gasteiger partial charge in [0.1, 0.15) is 16.5 Å². The lowest BCUT2D eigenvalue weighted by Gasteiger charge is -2.33. The van der Waals surface area contributed by atoms with E-state index < -0.39 is 0 Å². The fourth-order valence-electron chi connectivity index (χ4n) is 4.01. The number of hydrogen-bond acceptors (Lipinski definition) is 4. The van der Waals surface area contributed by atoms with E-state index in [0.29, 0.717) is 28.0 Å². The molecular weight excluding hydrogens is 428 g/mol. The van der Waals surface area contributed by atoms with Crippen molar-refractivity contribution in [3.63, 3.8) is 0 Å². The molecule has 1 atom stereocenters. The molecule has 0 spiro atoms. The Kier molecular flexibility index (Phi) is 6.09. The molecule has 2 heterocycles. The standard InChI is InChI=1S/C25H27ClN2O2S/c1-15-5-11-19(30-15)14-27-24-22(23(29)28-18-9-7-17(26)8-10-18)20-12-6-16(25(2,3)4)13-21(20)31-24/h5,7-11,14,16H,6,12-13H2,1-4H3,(H,28,29)/t16-/m1/s1. The van der Waals surface area contributed by atoms with E-state index in [1.807, 2.05) is 31.2 Å². The molecule has 2 aromatic heterocycles. The number of nitrogens with zero attached hydrogens (tertiary/aromatic N) is 1. The van der Waals surface area contributed by atoms with Crippen molar-refractivity contribution >= 4 is 45.7 Å². The Morgan fingerprint density at radius 2 is 1.97 bits per heavy atom. The van der Waals surface area contributed by atoms with Gasteiger partial charge in [-0.1, -0.05) is 32.4 Å². The van der Waals surface area contributed by atoms with Crippen LogP contribution in [0.5, 0.6) is 0 Å². The molecule has 0 bridgehead atoms. The van der Waals surface area contributed by atoms with Crippen LogP contribution in [-0.4, -0.2) is 12.1 Å². The fraction of sp³-hybridized carbons (Fsp3) is 0.360. The van der Waals surface area contributed by atoms with Crippen LogP contribution >= 0.6 is 22.9 Å². The number of amides is 1. The predicted octanol–water partition coefficient (Wildman–Crippen LogP) is 7.46. The average Bonchev–Trinajstić information content (AvgIpc) is 3.29. The molecule has 6 heteroatoms. The van der Waals surface area contributed by atoms with Gasteiger partial charge in [0, 0.05) is 15.6 Å². The number of fused-ring (bicyclic) bond motifs is 1. The molecule has 4 rings (SSSR count). The third-order valence-electron chi connectivity index (χ3n) is 5.87. The molecule has 31 heavy (non-hydrogen) atoms. The number of thiophene rings is 1. The monoisotopic (exact) mass is 454 g/mol. The van der Waals surface area contributed by atoms with Crippen molar-refractivity contribution in [2.45, 2.75) is 47.0 Å². The molecule has 0 saturated carbocycles. The predicted molar refractivity (Wildman–Crippen MR) is 129 cm³/mol. The second kappa shape index (κ2) is 8.64. The molecule has 0 saturated heterocycles. The summed E-state index contributed by atoms with van der Waals surface area (Å²) in [4.78, 5) is 19.3. The van der Waals surface area contributed by atoms with Gasteiger partial charge in [-0.2, -0.15) is 0 Å². The summed E-state index contributed by atoms with van der Waals surface area (Å²) in [5.74, 6) is 1.98. The molecule has 1 aliphatic carbocycles. The van der Waals surface area contributed by atoms with E-state index in [0.717, 1.165) is 35.6 Å². The molecule has 3 aromatic rings. The van der Waals surface area contributed by atoms with E-state index in [9.17, 15) is 4.79 Å². The van der Waals surface area contributed by atoms with Crippen LogP contribution in [0.2, 0.25) is 5.02 Å².